The van der Waals surface area contributed by atoms with Gasteiger partial charge in [-0.25, -0.2) is 0 Å². The quantitative estimate of drug-likeness (QED) is 0.821. The average Bonchev–Trinajstić information content (AvgIpc) is 2.69. The molecule has 0 aliphatic heterocycles. The van der Waals surface area contributed by atoms with Crippen molar-refractivity contribution in [3.63, 3.8) is 0 Å². The Labute approximate surface area is 101 Å². The lowest BCUT2D eigenvalue weighted by Crippen LogP contribution is -2.31. The van der Waals surface area contributed by atoms with E-state index in [9.17, 15) is 0 Å². The lowest BCUT2D eigenvalue weighted by molar-refractivity contribution is 0.238. The van der Waals surface area contributed by atoms with Gasteiger partial charge < -0.3 is 10.4 Å². The maximum absolute atomic E-state index is 9.13. The molecule has 1 aromatic heterocycles. The summed E-state index contributed by atoms with van der Waals surface area (Å²) in [5.74, 6) is 0. The van der Waals surface area contributed by atoms with Crippen LogP contribution in [0.5, 0.6) is 0 Å². The van der Waals surface area contributed by atoms with Crippen LogP contribution < -0.4 is 5.32 Å². The zero-order chi connectivity index (χ0) is 12.3. The van der Waals surface area contributed by atoms with Gasteiger partial charge in [-0.1, -0.05) is 25.1 Å². The first kappa shape index (κ1) is 12.1. The molecule has 0 saturated heterocycles. The third-order valence-electron chi connectivity index (χ3n) is 3.11. The molecule has 0 spiro atoms. The Kier molecular flexibility index (Phi) is 3.76. The zero-order valence-corrected chi connectivity index (χ0v) is 10.3. The molecule has 92 valence electrons. The smallest absolute Gasteiger partial charge is 0.0841 e. The molecule has 0 amide bonds. The molecular formula is C13H19N3O. The Bertz CT molecular complexity index is 488. The van der Waals surface area contributed by atoms with Gasteiger partial charge in [-0.3, -0.25) is 4.68 Å². The SMILES string of the molecule is CCC(CO)NCc1nn(C)c2ccccc12. The minimum absolute atomic E-state index is 0.149. The van der Waals surface area contributed by atoms with Crippen molar-refractivity contribution in [2.24, 2.45) is 7.05 Å². The Hall–Kier alpha value is -1.39. The van der Waals surface area contributed by atoms with Gasteiger partial charge in [-0.15, -0.1) is 0 Å². The van der Waals surface area contributed by atoms with E-state index in [1.54, 1.807) is 0 Å². The highest BCUT2D eigenvalue weighted by Gasteiger charge is 2.09. The van der Waals surface area contributed by atoms with Crippen LogP contribution in [0.15, 0.2) is 24.3 Å². The van der Waals surface area contributed by atoms with Gasteiger partial charge in [-0.05, 0) is 12.5 Å². The molecule has 2 rings (SSSR count). The van der Waals surface area contributed by atoms with Gasteiger partial charge in [0.2, 0.25) is 0 Å². The zero-order valence-electron chi connectivity index (χ0n) is 10.3. The van der Waals surface area contributed by atoms with E-state index in [1.165, 1.54) is 5.39 Å². The molecule has 1 aromatic carbocycles. The summed E-state index contributed by atoms with van der Waals surface area (Å²) < 4.78 is 1.90. The molecule has 1 atom stereocenters. The van der Waals surface area contributed by atoms with Gasteiger partial charge in [0, 0.05) is 25.0 Å². The van der Waals surface area contributed by atoms with Crippen molar-refractivity contribution >= 4 is 10.9 Å². The standard InChI is InChI=1S/C13H19N3O/c1-3-10(9-17)14-8-12-11-6-4-5-7-13(11)16(2)15-12/h4-7,10,14,17H,3,8-9H2,1-2H3. The maximum Gasteiger partial charge on any atom is 0.0841 e. The molecule has 4 heteroatoms. The summed E-state index contributed by atoms with van der Waals surface area (Å²) >= 11 is 0. The number of nitrogens with zero attached hydrogens (tertiary/aromatic N) is 2. The summed E-state index contributed by atoms with van der Waals surface area (Å²) in [4.78, 5) is 0. The largest absolute Gasteiger partial charge is 0.395 e. The molecule has 1 unspecified atom stereocenters. The van der Waals surface area contributed by atoms with Crippen molar-refractivity contribution in [2.75, 3.05) is 6.61 Å². The van der Waals surface area contributed by atoms with E-state index in [2.05, 4.69) is 29.5 Å². The Morgan fingerprint density at radius 1 is 1.41 bits per heavy atom. The molecule has 1 heterocycles. The van der Waals surface area contributed by atoms with E-state index in [1.807, 2.05) is 23.9 Å². The lowest BCUT2D eigenvalue weighted by Gasteiger charge is -2.12. The van der Waals surface area contributed by atoms with Gasteiger partial charge in [-0.2, -0.15) is 5.10 Å². The highest BCUT2D eigenvalue weighted by atomic mass is 16.3. The number of benzene rings is 1. The number of hydrogen-bond donors (Lipinski definition) is 2. The fourth-order valence-corrected chi connectivity index (χ4v) is 2.00. The fourth-order valence-electron chi connectivity index (χ4n) is 2.00. The van der Waals surface area contributed by atoms with Crippen LogP contribution in [0.1, 0.15) is 19.0 Å². The number of hydrogen-bond acceptors (Lipinski definition) is 3. The molecule has 0 saturated carbocycles. The van der Waals surface area contributed by atoms with E-state index in [4.69, 9.17) is 5.11 Å². The van der Waals surface area contributed by atoms with Crippen molar-refractivity contribution in [2.45, 2.75) is 25.9 Å². The molecule has 0 bridgehead atoms. The van der Waals surface area contributed by atoms with Crippen LogP contribution in [-0.4, -0.2) is 27.5 Å². The molecule has 0 fully saturated rings. The highest BCUT2D eigenvalue weighted by molar-refractivity contribution is 5.81. The summed E-state index contributed by atoms with van der Waals surface area (Å²) in [5.41, 5.74) is 2.18. The van der Waals surface area contributed by atoms with E-state index < -0.39 is 0 Å². The van der Waals surface area contributed by atoms with Crippen LogP contribution in [0.4, 0.5) is 0 Å². The minimum atomic E-state index is 0.149. The van der Waals surface area contributed by atoms with Gasteiger partial charge in [0.05, 0.1) is 17.8 Å². The van der Waals surface area contributed by atoms with Crippen LogP contribution >= 0.6 is 0 Å². The van der Waals surface area contributed by atoms with Gasteiger partial charge >= 0.3 is 0 Å². The number of aryl methyl sites for hydroxylation is 1. The number of aliphatic hydroxyl groups is 1. The Balaban J connectivity index is 2.19. The van der Waals surface area contributed by atoms with Crippen LogP contribution in [-0.2, 0) is 13.6 Å². The number of para-hydroxylation sites is 1. The molecule has 0 aliphatic rings. The molecule has 0 aliphatic carbocycles. The van der Waals surface area contributed by atoms with Gasteiger partial charge in [0.15, 0.2) is 0 Å². The number of aromatic nitrogens is 2. The molecule has 17 heavy (non-hydrogen) atoms. The first-order valence-electron chi connectivity index (χ1n) is 6.01. The predicted molar refractivity (Wildman–Crippen MR) is 68.7 cm³/mol. The average molecular weight is 233 g/mol. The van der Waals surface area contributed by atoms with Crippen LogP contribution in [0.25, 0.3) is 10.9 Å². The predicted octanol–water partition coefficient (Wildman–Crippen LogP) is 1.43. The summed E-state index contributed by atoms with van der Waals surface area (Å²) in [6, 6.07) is 8.34. The summed E-state index contributed by atoms with van der Waals surface area (Å²) in [5, 5.41) is 18.1. The number of fused-ring (bicyclic) bond motifs is 1. The lowest BCUT2D eigenvalue weighted by atomic mass is 10.2. The minimum Gasteiger partial charge on any atom is -0.395 e. The van der Waals surface area contributed by atoms with Crippen molar-refractivity contribution in [3.05, 3.63) is 30.0 Å². The van der Waals surface area contributed by atoms with Gasteiger partial charge in [0.25, 0.3) is 0 Å². The number of nitrogens with one attached hydrogen (secondary N) is 1. The van der Waals surface area contributed by atoms with Crippen molar-refractivity contribution in [1.29, 1.82) is 0 Å². The summed E-state index contributed by atoms with van der Waals surface area (Å²) in [6.45, 7) is 2.92. The van der Waals surface area contributed by atoms with Crippen LogP contribution in [0.3, 0.4) is 0 Å². The summed E-state index contributed by atoms with van der Waals surface area (Å²) in [7, 11) is 1.95. The first-order chi connectivity index (χ1) is 8.26. The normalized spacial score (nSPS) is 13.1. The van der Waals surface area contributed by atoms with Crippen molar-refractivity contribution in [1.82, 2.24) is 15.1 Å². The van der Waals surface area contributed by atoms with E-state index >= 15 is 0 Å². The van der Waals surface area contributed by atoms with E-state index in [0.717, 1.165) is 17.6 Å². The molecular weight excluding hydrogens is 214 g/mol. The molecule has 0 radical (unpaired) electrons. The van der Waals surface area contributed by atoms with Crippen molar-refractivity contribution < 1.29 is 5.11 Å². The molecule has 2 N–H and O–H groups in total. The van der Waals surface area contributed by atoms with E-state index in [0.29, 0.717) is 6.54 Å². The highest BCUT2D eigenvalue weighted by Crippen LogP contribution is 2.17. The second-order valence-corrected chi connectivity index (χ2v) is 4.26. The monoisotopic (exact) mass is 233 g/mol. The summed E-state index contributed by atoms with van der Waals surface area (Å²) in [6.07, 6.45) is 0.918. The topological polar surface area (TPSA) is 50.1 Å². The number of rotatable bonds is 5. The second-order valence-electron chi connectivity index (χ2n) is 4.26. The first-order valence-corrected chi connectivity index (χ1v) is 6.01. The maximum atomic E-state index is 9.13. The Morgan fingerprint density at radius 3 is 2.88 bits per heavy atom. The van der Waals surface area contributed by atoms with Crippen molar-refractivity contribution in [3.8, 4) is 0 Å². The fraction of sp³-hybridized carbons (Fsp3) is 0.462. The third kappa shape index (κ3) is 2.48. The molecule has 4 nitrogen and oxygen atoms in total. The molecule has 2 aromatic rings. The van der Waals surface area contributed by atoms with Gasteiger partial charge in [0.1, 0.15) is 0 Å². The van der Waals surface area contributed by atoms with Crippen LogP contribution in [0.2, 0.25) is 0 Å². The third-order valence-corrected chi connectivity index (χ3v) is 3.11. The Morgan fingerprint density at radius 2 is 2.18 bits per heavy atom. The van der Waals surface area contributed by atoms with Crippen LogP contribution in [0, 0.1) is 0 Å². The second kappa shape index (κ2) is 5.29. The van der Waals surface area contributed by atoms with E-state index in [-0.39, 0.29) is 12.6 Å². The number of aliphatic hydroxyl groups excluding tert-OH is 1.